The van der Waals surface area contributed by atoms with Crippen LogP contribution in [0.1, 0.15) is 17.9 Å². The average molecular weight is 424 g/mol. The highest BCUT2D eigenvalue weighted by atomic mass is 19.1. The highest BCUT2D eigenvalue weighted by Crippen LogP contribution is 2.51. The number of benzene rings is 2. The third kappa shape index (κ3) is 3.44. The summed E-state index contributed by atoms with van der Waals surface area (Å²) in [6.45, 7) is 2.64. The number of nitro benzene ring substituents is 1. The quantitative estimate of drug-likeness (QED) is 0.501. The first-order valence-corrected chi connectivity index (χ1v) is 10.3. The summed E-state index contributed by atoms with van der Waals surface area (Å²) in [6.07, 6.45) is 1.07. The second-order valence-corrected chi connectivity index (χ2v) is 8.45. The molecule has 8 nitrogen and oxygen atoms in total. The maximum atomic E-state index is 13.2. The third-order valence-electron chi connectivity index (χ3n) is 6.76. The molecular weight excluding hydrogens is 403 g/mol. The molecule has 0 spiro atoms. The molecule has 2 fully saturated rings. The van der Waals surface area contributed by atoms with Crippen LogP contribution >= 0.6 is 0 Å². The van der Waals surface area contributed by atoms with Crippen LogP contribution in [-0.2, 0) is 6.54 Å². The summed E-state index contributed by atoms with van der Waals surface area (Å²) >= 11 is 0. The van der Waals surface area contributed by atoms with Crippen molar-refractivity contribution < 1.29 is 9.31 Å². The maximum absolute atomic E-state index is 13.2. The molecule has 5 rings (SSSR count). The average Bonchev–Trinajstić information content (AvgIpc) is 3.05. The van der Waals surface area contributed by atoms with Crippen molar-refractivity contribution in [3.05, 3.63) is 84.8 Å². The van der Waals surface area contributed by atoms with Crippen LogP contribution in [0, 0.1) is 27.8 Å². The molecule has 1 aliphatic heterocycles. The van der Waals surface area contributed by atoms with E-state index in [1.54, 1.807) is 0 Å². The highest BCUT2D eigenvalue weighted by molar-refractivity contribution is 5.79. The summed E-state index contributed by atoms with van der Waals surface area (Å²) in [6, 6.07) is 10.6. The fourth-order valence-electron chi connectivity index (χ4n) is 5.08. The van der Waals surface area contributed by atoms with E-state index in [-0.39, 0.29) is 29.0 Å². The van der Waals surface area contributed by atoms with Crippen LogP contribution < -0.4 is 11.2 Å². The molecule has 0 bridgehead atoms. The van der Waals surface area contributed by atoms with E-state index in [1.807, 2.05) is 12.1 Å². The summed E-state index contributed by atoms with van der Waals surface area (Å²) in [5.74, 6) is 1.30. The van der Waals surface area contributed by atoms with Gasteiger partial charge in [0.1, 0.15) is 5.82 Å². The number of nitrogens with one attached hydrogen (secondary N) is 1. The van der Waals surface area contributed by atoms with E-state index >= 15 is 0 Å². The lowest BCUT2D eigenvalue weighted by Gasteiger charge is -2.40. The Bertz CT molecular complexity index is 1280. The summed E-state index contributed by atoms with van der Waals surface area (Å²) in [7, 11) is 0. The molecule has 3 aromatic rings. The van der Waals surface area contributed by atoms with Crippen molar-refractivity contribution in [2.75, 3.05) is 19.6 Å². The van der Waals surface area contributed by atoms with Gasteiger partial charge in [-0.05, 0) is 47.9 Å². The van der Waals surface area contributed by atoms with Crippen LogP contribution in [0.25, 0.3) is 10.9 Å². The Labute approximate surface area is 176 Å². The van der Waals surface area contributed by atoms with Gasteiger partial charge in [0.2, 0.25) is 0 Å². The number of rotatable bonds is 5. The van der Waals surface area contributed by atoms with E-state index in [1.165, 1.54) is 35.9 Å². The SMILES string of the molecule is O=c1[nH]c2cc([N+](=O)[O-])ccc2c(=O)n1CCN1CC2CC(c3ccc(F)cc3)C2C1. The van der Waals surface area contributed by atoms with E-state index < -0.39 is 16.2 Å². The third-order valence-corrected chi connectivity index (χ3v) is 6.76. The van der Waals surface area contributed by atoms with Gasteiger partial charge < -0.3 is 9.88 Å². The van der Waals surface area contributed by atoms with Crippen molar-refractivity contribution in [3.63, 3.8) is 0 Å². The molecule has 2 aromatic carbocycles. The van der Waals surface area contributed by atoms with Gasteiger partial charge in [-0.1, -0.05) is 12.1 Å². The predicted molar refractivity (Wildman–Crippen MR) is 113 cm³/mol. The first kappa shape index (κ1) is 19.6. The maximum Gasteiger partial charge on any atom is 0.328 e. The Morgan fingerprint density at radius 1 is 1.10 bits per heavy atom. The van der Waals surface area contributed by atoms with E-state index in [2.05, 4.69) is 9.88 Å². The molecule has 1 N–H and O–H groups in total. The summed E-state index contributed by atoms with van der Waals surface area (Å²) in [5.41, 5.74) is 0.149. The number of likely N-dealkylation sites (tertiary alicyclic amines) is 1. The molecule has 0 amide bonds. The number of aromatic nitrogens is 2. The van der Waals surface area contributed by atoms with Crippen LogP contribution in [0.5, 0.6) is 0 Å². The number of nitro groups is 1. The fraction of sp³-hybridized carbons (Fsp3) is 0.364. The topological polar surface area (TPSA) is 101 Å². The number of aromatic amines is 1. The van der Waals surface area contributed by atoms with Crippen LogP contribution in [0.2, 0.25) is 0 Å². The number of fused-ring (bicyclic) bond motifs is 2. The zero-order chi connectivity index (χ0) is 21.7. The minimum Gasteiger partial charge on any atom is -0.306 e. The summed E-state index contributed by atoms with van der Waals surface area (Å²) < 4.78 is 14.3. The number of hydrogen-bond acceptors (Lipinski definition) is 5. The molecule has 3 atom stereocenters. The van der Waals surface area contributed by atoms with Crippen molar-refractivity contribution in [2.24, 2.45) is 11.8 Å². The molecule has 0 radical (unpaired) electrons. The standard InChI is InChI=1S/C22H21FN4O4/c23-15-3-1-13(2-4-15)18-9-14-11-25(12-19(14)18)7-8-26-21(28)17-6-5-16(27(30)31)10-20(17)24-22(26)29/h1-6,10,14,18-19H,7-9,11-12H2,(H,24,29). The van der Waals surface area contributed by atoms with E-state index in [9.17, 15) is 24.1 Å². The Balaban J connectivity index is 1.29. The summed E-state index contributed by atoms with van der Waals surface area (Å²) in [4.78, 5) is 40.4. The normalized spacial score (nSPS) is 22.9. The summed E-state index contributed by atoms with van der Waals surface area (Å²) in [5, 5.41) is 11.2. The lowest BCUT2D eigenvalue weighted by molar-refractivity contribution is -0.384. The van der Waals surface area contributed by atoms with Gasteiger partial charge in [0.25, 0.3) is 11.2 Å². The molecule has 1 saturated heterocycles. The minimum atomic E-state index is -0.565. The number of halogens is 1. The van der Waals surface area contributed by atoms with E-state index in [0.29, 0.717) is 24.3 Å². The molecule has 9 heteroatoms. The zero-order valence-electron chi connectivity index (χ0n) is 16.7. The molecule has 31 heavy (non-hydrogen) atoms. The van der Waals surface area contributed by atoms with Crippen molar-refractivity contribution in [2.45, 2.75) is 18.9 Å². The molecule has 1 aromatic heterocycles. The molecule has 1 aliphatic carbocycles. The van der Waals surface area contributed by atoms with Crippen molar-refractivity contribution >= 4 is 16.6 Å². The van der Waals surface area contributed by atoms with Gasteiger partial charge in [-0.2, -0.15) is 0 Å². The fourth-order valence-corrected chi connectivity index (χ4v) is 5.08. The number of non-ortho nitro benzene ring substituents is 1. The predicted octanol–water partition coefficient (Wildman–Crippen LogP) is 2.47. The Kier molecular flexibility index (Phi) is 4.70. The van der Waals surface area contributed by atoms with Gasteiger partial charge in [-0.15, -0.1) is 0 Å². The van der Waals surface area contributed by atoms with E-state index in [0.717, 1.165) is 24.1 Å². The van der Waals surface area contributed by atoms with Gasteiger partial charge in [-0.25, -0.2) is 9.18 Å². The lowest BCUT2D eigenvalue weighted by atomic mass is 9.64. The van der Waals surface area contributed by atoms with Crippen molar-refractivity contribution in [1.29, 1.82) is 0 Å². The second-order valence-electron chi connectivity index (χ2n) is 8.45. The van der Waals surface area contributed by atoms with Gasteiger partial charge in [0.05, 0.1) is 15.8 Å². The van der Waals surface area contributed by atoms with Crippen LogP contribution in [0.3, 0.4) is 0 Å². The van der Waals surface area contributed by atoms with Crippen molar-refractivity contribution in [1.82, 2.24) is 14.5 Å². The molecule has 3 unspecified atom stereocenters. The monoisotopic (exact) mass is 424 g/mol. The Morgan fingerprint density at radius 3 is 2.61 bits per heavy atom. The molecule has 2 aliphatic rings. The van der Waals surface area contributed by atoms with Gasteiger partial charge in [0.15, 0.2) is 0 Å². The minimum absolute atomic E-state index is 0.168. The van der Waals surface area contributed by atoms with Crippen LogP contribution in [0.4, 0.5) is 10.1 Å². The van der Waals surface area contributed by atoms with E-state index in [4.69, 9.17) is 0 Å². The van der Waals surface area contributed by atoms with Gasteiger partial charge in [-0.3, -0.25) is 19.5 Å². The smallest absolute Gasteiger partial charge is 0.306 e. The largest absolute Gasteiger partial charge is 0.328 e. The Hall–Kier alpha value is -3.33. The highest BCUT2D eigenvalue weighted by Gasteiger charge is 2.47. The first-order chi connectivity index (χ1) is 14.9. The second kappa shape index (κ2) is 7.42. The molecule has 2 heterocycles. The number of nitrogens with zero attached hydrogens (tertiary/aromatic N) is 3. The van der Waals surface area contributed by atoms with Crippen LogP contribution in [-0.4, -0.2) is 39.0 Å². The molecule has 160 valence electrons. The lowest BCUT2D eigenvalue weighted by Crippen LogP contribution is -2.38. The van der Waals surface area contributed by atoms with Crippen LogP contribution in [0.15, 0.2) is 52.1 Å². The molecular formula is C22H21FN4O4. The Morgan fingerprint density at radius 2 is 1.87 bits per heavy atom. The van der Waals surface area contributed by atoms with Gasteiger partial charge >= 0.3 is 5.69 Å². The number of H-pyrrole nitrogens is 1. The zero-order valence-corrected chi connectivity index (χ0v) is 16.7. The number of hydrogen-bond donors (Lipinski definition) is 1. The van der Waals surface area contributed by atoms with Crippen molar-refractivity contribution in [3.8, 4) is 0 Å². The molecule has 1 saturated carbocycles. The first-order valence-electron chi connectivity index (χ1n) is 10.3. The van der Waals surface area contributed by atoms with Gasteiger partial charge in [0, 0.05) is 38.3 Å².